The summed E-state index contributed by atoms with van der Waals surface area (Å²) in [6, 6.07) is 9.29. The summed E-state index contributed by atoms with van der Waals surface area (Å²) < 4.78 is 5.12. The van der Waals surface area contributed by atoms with Crippen molar-refractivity contribution in [3.8, 4) is 0 Å². The normalized spacial score (nSPS) is 12.0. The van der Waals surface area contributed by atoms with Crippen molar-refractivity contribution in [3.05, 3.63) is 46.5 Å². The van der Waals surface area contributed by atoms with Gasteiger partial charge in [0.25, 0.3) is 0 Å². The lowest BCUT2D eigenvalue weighted by Crippen LogP contribution is -2.13. The smallest absolute Gasteiger partial charge is 0.413 e. The van der Waals surface area contributed by atoms with Gasteiger partial charge in [0, 0.05) is 4.88 Å². The van der Waals surface area contributed by atoms with Crippen molar-refractivity contribution in [2.45, 2.75) is 33.3 Å². The highest BCUT2D eigenvalue weighted by atomic mass is 32.1. The molecular formula is C17H20N2O4S. The first-order valence-corrected chi connectivity index (χ1v) is 8.41. The number of rotatable bonds is 6. The van der Waals surface area contributed by atoms with Gasteiger partial charge in [0.2, 0.25) is 0 Å². The highest BCUT2D eigenvalue weighted by Gasteiger charge is 2.24. The molecule has 0 aliphatic heterocycles. The molecule has 2 aromatic rings. The van der Waals surface area contributed by atoms with Crippen LogP contribution in [-0.4, -0.2) is 22.2 Å². The standard InChI is InChI=1S/C17H20N2O4S/c1-10(2)11(3)14-13(15(20)21)18-16(24-14)19-17(22)23-9-12-7-5-4-6-8-12/h4-8,10-11H,9H2,1-3H3,(H,20,21)(H,18,19,22). The van der Waals surface area contributed by atoms with E-state index in [4.69, 9.17) is 4.74 Å². The molecule has 7 heteroatoms. The largest absolute Gasteiger partial charge is 0.476 e. The van der Waals surface area contributed by atoms with Gasteiger partial charge < -0.3 is 9.84 Å². The zero-order chi connectivity index (χ0) is 17.7. The summed E-state index contributed by atoms with van der Waals surface area (Å²) in [6.07, 6.45) is -0.659. The van der Waals surface area contributed by atoms with Crippen LogP contribution in [0.3, 0.4) is 0 Å². The topological polar surface area (TPSA) is 88.5 Å². The van der Waals surface area contributed by atoms with Crippen molar-refractivity contribution in [1.29, 1.82) is 0 Å². The first-order chi connectivity index (χ1) is 11.4. The Labute approximate surface area is 144 Å². The molecule has 0 aliphatic carbocycles. The van der Waals surface area contributed by atoms with Gasteiger partial charge in [-0.25, -0.2) is 14.6 Å². The molecule has 2 rings (SSSR count). The number of anilines is 1. The third kappa shape index (κ3) is 4.55. The van der Waals surface area contributed by atoms with Crippen LogP contribution in [-0.2, 0) is 11.3 Å². The molecule has 1 aromatic carbocycles. The lowest BCUT2D eigenvalue weighted by Gasteiger charge is -2.13. The van der Waals surface area contributed by atoms with Crippen LogP contribution in [0.15, 0.2) is 30.3 Å². The minimum atomic E-state index is -1.10. The van der Waals surface area contributed by atoms with E-state index in [0.717, 1.165) is 5.56 Å². The van der Waals surface area contributed by atoms with Gasteiger partial charge in [0.05, 0.1) is 0 Å². The number of amides is 1. The minimum absolute atomic E-state index is 0.0143. The Morgan fingerprint density at radius 2 is 1.92 bits per heavy atom. The summed E-state index contributed by atoms with van der Waals surface area (Å²) in [6.45, 7) is 6.11. The molecule has 0 bridgehead atoms. The average Bonchev–Trinajstić information content (AvgIpc) is 2.97. The van der Waals surface area contributed by atoms with Crippen LogP contribution in [0.25, 0.3) is 0 Å². The quantitative estimate of drug-likeness (QED) is 0.810. The van der Waals surface area contributed by atoms with E-state index in [0.29, 0.717) is 4.88 Å². The molecule has 128 valence electrons. The number of carbonyl (C=O) groups is 2. The highest BCUT2D eigenvalue weighted by molar-refractivity contribution is 7.16. The van der Waals surface area contributed by atoms with E-state index in [9.17, 15) is 14.7 Å². The first-order valence-electron chi connectivity index (χ1n) is 7.60. The maximum absolute atomic E-state index is 11.9. The number of carboxylic acid groups (broad SMARTS) is 1. The summed E-state index contributed by atoms with van der Waals surface area (Å²) in [7, 11) is 0. The SMILES string of the molecule is CC(C)C(C)c1sc(NC(=O)OCc2ccccc2)nc1C(=O)O. The second-order valence-corrected chi connectivity index (χ2v) is 6.79. The Morgan fingerprint density at radius 1 is 1.25 bits per heavy atom. The number of hydrogen-bond donors (Lipinski definition) is 2. The van der Waals surface area contributed by atoms with Gasteiger partial charge in [0.1, 0.15) is 6.61 Å². The van der Waals surface area contributed by atoms with Crippen molar-refractivity contribution in [1.82, 2.24) is 4.98 Å². The Hall–Kier alpha value is -2.41. The van der Waals surface area contributed by atoms with Crippen molar-refractivity contribution < 1.29 is 19.4 Å². The predicted molar refractivity (Wildman–Crippen MR) is 92.6 cm³/mol. The minimum Gasteiger partial charge on any atom is -0.476 e. The summed E-state index contributed by atoms with van der Waals surface area (Å²) in [5.41, 5.74) is 0.853. The number of benzene rings is 1. The monoisotopic (exact) mass is 348 g/mol. The summed E-state index contributed by atoms with van der Waals surface area (Å²) in [5.74, 6) is -0.801. The molecule has 2 N–H and O–H groups in total. The van der Waals surface area contributed by atoms with Gasteiger partial charge in [-0.05, 0) is 17.4 Å². The molecular weight excluding hydrogens is 328 g/mol. The zero-order valence-electron chi connectivity index (χ0n) is 13.8. The number of hydrogen-bond acceptors (Lipinski definition) is 5. The van der Waals surface area contributed by atoms with Crippen LogP contribution in [0.4, 0.5) is 9.93 Å². The van der Waals surface area contributed by atoms with Crippen molar-refractivity contribution in [2.75, 3.05) is 5.32 Å². The van der Waals surface area contributed by atoms with E-state index < -0.39 is 12.1 Å². The number of aromatic carboxylic acids is 1. The maximum atomic E-state index is 11.9. The number of ether oxygens (including phenoxy) is 1. The Morgan fingerprint density at radius 3 is 2.50 bits per heavy atom. The number of carbonyl (C=O) groups excluding carboxylic acids is 1. The molecule has 0 fully saturated rings. The van der Waals surface area contributed by atoms with Crippen LogP contribution in [0, 0.1) is 5.92 Å². The summed E-state index contributed by atoms with van der Waals surface area (Å²) >= 11 is 1.17. The maximum Gasteiger partial charge on any atom is 0.413 e. The van der Waals surface area contributed by atoms with Gasteiger partial charge in [-0.2, -0.15) is 0 Å². The molecule has 24 heavy (non-hydrogen) atoms. The van der Waals surface area contributed by atoms with Crippen molar-refractivity contribution in [3.63, 3.8) is 0 Å². The number of nitrogens with zero attached hydrogens (tertiary/aromatic N) is 1. The molecule has 0 saturated heterocycles. The third-order valence-corrected chi connectivity index (χ3v) is 4.86. The molecule has 0 saturated carbocycles. The van der Waals surface area contributed by atoms with E-state index in [-0.39, 0.29) is 29.3 Å². The molecule has 1 aromatic heterocycles. The van der Waals surface area contributed by atoms with Crippen LogP contribution in [0.1, 0.15) is 47.6 Å². The molecule has 0 aliphatic rings. The van der Waals surface area contributed by atoms with Gasteiger partial charge in [-0.3, -0.25) is 5.32 Å². The van der Waals surface area contributed by atoms with Gasteiger partial charge >= 0.3 is 12.1 Å². The van der Waals surface area contributed by atoms with Crippen LogP contribution in [0.2, 0.25) is 0 Å². The lowest BCUT2D eigenvalue weighted by atomic mass is 9.95. The third-order valence-electron chi connectivity index (χ3n) is 3.69. The fourth-order valence-corrected chi connectivity index (χ4v) is 3.16. The summed E-state index contributed by atoms with van der Waals surface area (Å²) in [4.78, 5) is 27.9. The molecule has 0 spiro atoms. The second kappa shape index (κ2) is 7.92. The van der Waals surface area contributed by atoms with Crippen molar-refractivity contribution in [2.24, 2.45) is 5.92 Å². The lowest BCUT2D eigenvalue weighted by molar-refractivity contribution is 0.0689. The van der Waals surface area contributed by atoms with Gasteiger partial charge in [0.15, 0.2) is 10.8 Å². The molecule has 6 nitrogen and oxygen atoms in total. The fraction of sp³-hybridized carbons (Fsp3) is 0.353. The number of thiazole rings is 1. The van der Waals surface area contributed by atoms with E-state index in [1.165, 1.54) is 11.3 Å². The highest BCUT2D eigenvalue weighted by Crippen LogP contribution is 2.34. The average molecular weight is 348 g/mol. The van der Waals surface area contributed by atoms with Gasteiger partial charge in [-0.15, -0.1) is 11.3 Å². The molecule has 1 heterocycles. The van der Waals surface area contributed by atoms with E-state index in [1.807, 2.05) is 51.1 Å². The van der Waals surface area contributed by atoms with Crippen molar-refractivity contribution >= 4 is 28.5 Å². The van der Waals surface area contributed by atoms with E-state index >= 15 is 0 Å². The van der Waals surface area contributed by atoms with Crippen LogP contribution < -0.4 is 5.32 Å². The molecule has 1 atom stereocenters. The van der Waals surface area contributed by atoms with E-state index in [1.54, 1.807) is 0 Å². The Bertz CT molecular complexity index is 713. The van der Waals surface area contributed by atoms with Crippen LogP contribution in [0.5, 0.6) is 0 Å². The zero-order valence-corrected chi connectivity index (χ0v) is 14.6. The van der Waals surface area contributed by atoms with Crippen LogP contribution >= 0.6 is 11.3 Å². The number of carboxylic acids is 1. The predicted octanol–water partition coefficient (Wildman–Crippen LogP) is 4.35. The number of nitrogens with one attached hydrogen (secondary N) is 1. The molecule has 1 unspecified atom stereocenters. The molecule has 0 radical (unpaired) electrons. The first kappa shape index (κ1) is 17.9. The second-order valence-electron chi connectivity index (χ2n) is 5.76. The Balaban J connectivity index is 2.05. The Kier molecular flexibility index (Phi) is 5.92. The summed E-state index contributed by atoms with van der Waals surface area (Å²) in [5, 5.41) is 12.0. The number of aromatic nitrogens is 1. The fourth-order valence-electron chi connectivity index (χ4n) is 2.00. The van der Waals surface area contributed by atoms with E-state index in [2.05, 4.69) is 10.3 Å². The molecule has 1 amide bonds. The van der Waals surface area contributed by atoms with Gasteiger partial charge in [-0.1, -0.05) is 51.1 Å².